The van der Waals surface area contributed by atoms with E-state index in [4.69, 9.17) is 0 Å². The molecule has 102 valence electrons. The normalized spacial score (nSPS) is 17.8. The van der Waals surface area contributed by atoms with E-state index in [1.165, 1.54) is 11.3 Å². The molecule has 2 aromatic rings. The fraction of sp³-hybridized carbons (Fsp3) is 0.538. The smallest absolute Gasteiger partial charge is 0.264 e. The van der Waals surface area contributed by atoms with Crippen molar-refractivity contribution in [2.75, 3.05) is 13.1 Å². The molecular formula is C13H17N3O2S. The standard InChI is InChI=1S/C13H17N3O2S/c1-4-13(18)6-16(7-13)11(17)10-5-9-8(2)14-15(3)12(9)19-10/h5,18H,4,6-7H2,1-3H3. The lowest BCUT2D eigenvalue weighted by Gasteiger charge is -2.45. The highest BCUT2D eigenvalue weighted by Crippen LogP contribution is 2.31. The molecule has 0 aromatic carbocycles. The van der Waals surface area contributed by atoms with Gasteiger partial charge < -0.3 is 10.0 Å². The summed E-state index contributed by atoms with van der Waals surface area (Å²) in [5, 5.41) is 15.3. The van der Waals surface area contributed by atoms with E-state index in [-0.39, 0.29) is 5.91 Å². The summed E-state index contributed by atoms with van der Waals surface area (Å²) < 4.78 is 1.81. The van der Waals surface area contributed by atoms with Crippen molar-refractivity contribution in [1.29, 1.82) is 0 Å². The van der Waals surface area contributed by atoms with Crippen LogP contribution < -0.4 is 0 Å². The molecule has 0 bridgehead atoms. The Kier molecular flexibility index (Phi) is 2.69. The molecule has 5 nitrogen and oxygen atoms in total. The maximum absolute atomic E-state index is 12.3. The largest absolute Gasteiger partial charge is 0.386 e. The van der Waals surface area contributed by atoms with Gasteiger partial charge in [0.25, 0.3) is 5.91 Å². The van der Waals surface area contributed by atoms with Crippen molar-refractivity contribution in [3.8, 4) is 0 Å². The number of hydrogen-bond acceptors (Lipinski definition) is 4. The van der Waals surface area contributed by atoms with Crippen molar-refractivity contribution in [2.45, 2.75) is 25.9 Å². The first-order chi connectivity index (χ1) is 8.93. The number of aryl methyl sites for hydroxylation is 2. The SMILES string of the molecule is CCC1(O)CN(C(=O)c2cc3c(C)nn(C)c3s2)C1. The molecule has 1 saturated heterocycles. The molecule has 0 saturated carbocycles. The van der Waals surface area contributed by atoms with Crippen LogP contribution in [0.4, 0.5) is 0 Å². The third kappa shape index (κ3) is 1.86. The van der Waals surface area contributed by atoms with Gasteiger partial charge in [-0.05, 0) is 19.4 Å². The van der Waals surface area contributed by atoms with Crippen molar-refractivity contribution in [3.63, 3.8) is 0 Å². The highest BCUT2D eigenvalue weighted by molar-refractivity contribution is 7.20. The van der Waals surface area contributed by atoms with E-state index in [0.717, 1.165) is 20.8 Å². The van der Waals surface area contributed by atoms with E-state index in [1.54, 1.807) is 4.90 Å². The fourth-order valence-electron chi connectivity index (χ4n) is 2.50. The summed E-state index contributed by atoms with van der Waals surface area (Å²) in [5.41, 5.74) is 0.269. The molecule has 1 fully saturated rings. The molecule has 3 heterocycles. The number of aliphatic hydroxyl groups is 1. The van der Waals surface area contributed by atoms with E-state index in [9.17, 15) is 9.90 Å². The van der Waals surface area contributed by atoms with Gasteiger partial charge in [0.15, 0.2) is 0 Å². The average molecular weight is 279 g/mol. The molecule has 2 aromatic heterocycles. The van der Waals surface area contributed by atoms with Crippen LogP contribution in [0, 0.1) is 6.92 Å². The van der Waals surface area contributed by atoms with Crippen LogP contribution in [0.3, 0.4) is 0 Å². The highest BCUT2D eigenvalue weighted by atomic mass is 32.1. The molecule has 3 rings (SSSR count). The number of thiophene rings is 1. The van der Waals surface area contributed by atoms with Gasteiger partial charge in [0.05, 0.1) is 29.3 Å². The molecule has 0 spiro atoms. The summed E-state index contributed by atoms with van der Waals surface area (Å²) in [6.07, 6.45) is 0.687. The van der Waals surface area contributed by atoms with Crippen molar-refractivity contribution in [1.82, 2.24) is 14.7 Å². The predicted molar refractivity (Wildman–Crippen MR) is 74.5 cm³/mol. The number of fused-ring (bicyclic) bond motifs is 1. The number of hydrogen-bond donors (Lipinski definition) is 1. The van der Waals surface area contributed by atoms with Crippen LogP contribution in [0.15, 0.2) is 6.07 Å². The van der Waals surface area contributed by atoms with E-state index in [2.05, 4.69) is 5.10 Å². The summed E-state index contributed by atoms with van der Waals surface area (Å²) in [5.74, 6) is 0.0127. The Morgan fingerprint density at radius 1 is 1.58 bits per heavy atom. The second kappa shape index (κ2) is 4.05. The second-order valence-electron chi connectivity index (χ2n) is 5.28. The summed E-state index contributed by atoms with van der Waals surface area (Å²) in [4.78, 5) is 15.8. The molecule has 19 heavy (non-hydrogen) atoms. The number of amides is 1. The predicted octanol–water partition coefficient (Wildman–Crippen LogP) is 1.54. The van der Waals surface area contributed by atoms with E-state index >= 15 is 0 Å². The summed E-state index contributed by atoms with van der Waals surface area (Å²) in [6, 6.07) is 1.91. The molecule has 0 atom stereocenters. The Hall–Kier alpha value is -1.40. The van der Waals surface area contributed by atoms with E-state index in [1.807, 2.05) is 31.6 Å². The van der Waals surface area contributed by atoms with Crippen molar-refractivity contribution < 1.29 is 9.90 Å². The summed E-state index contributed by atoms with van der Waals surface area (Å²) >= 11 is 1.47. The molecule has 0 aliphatic carbocycles. The Morgan fingerprint density at radius 2 is 2.26 bits per heavy atom. The second-order valence-corrected chi connectivity index (χ2v) is 6.31. The topological polar surface area (TPSA) is 58.4 Å². The lowest BCUT2D eigenvalue weighted by Crippen LogP contribution is -2.63. The Labute approximate surface area is 115 Å². The first kappa shape index (κ1) is 12.6. The van der Waals surface area contributed by atoms with Gasteiger partial charge in [0.2, 0.25) is 0 Å². The quantitative estimate of drug-likeness (QED) is 0.907. The molecule has 0 unspecified atom stereocenters. The van der Waals surface area contributed by atoms with Gasteiger partial charge in [-0.3, -0.25) is 9.48 Å². The van der Waals surface area contributed by atoms with Gasteiger partial charge in [0.1, 0.15) is 4.83 Å². The van der Waals surface area contributed by atoms with Crippen molar-refractivity contribution in [2.24, 2.45) is 7.05 Å². The van der Waals surface area contributed by atoms with Gasteiger partial charge in [-0.25, -0.2) is 0 Å². The van der Waals surface area contributed by atoms with Gasteiger partial charge in [-0.15, -0.1) is 11.3 Å². The third-order valence-electron chi connectivity index (χ3n) is 3.82. The maximum atomic E-state index is 12.3. The Morgan fingerprint density at radius 3 is 2.84 bits per heavy atom. The minimum atomic E-state index is -0.677. The van der Waals surface area contributed by atoms with Crippen LogP contribution in [0.2, 0.25) is 0 Å². The molecule has 1 aliphatic heterocycles. The maximum Gasteiger partial charge on any atom is 0.264 e. The number of likely N-dealkylation sites (tertiary alicyclic amines) is 1. The monoisotopic (exact) mass is 279 g/mol. The first-order valence-corrected chi connectivity index (χ1v) is 7.20. The molecule has 1 N–H and O–H groups in total. The molecule has 1 amide bonds. The Bertz CT molecular complexity index is 618. The van der Waals surface area contributed by atoms with Crippen LogP contribution in [0.5, 0.6) is 0 Å². The average Bonchev–Trinajstić information content (AvgIpc) is 2.88. The van der Waals surface area contributed by atoms with E-state index < -0.39 is 5.60 Å². The van der Waals surface area contributed by atoms with Crippen molar-refractivity contribution >= 4 is 27.5 Å². The van der Waals surface area contributed by atoms with Crippen LogP contribution >= 0.6 is 11.3 Å². The zero-order valence-electron chi connectivity index (χ0n) is 11.3. The molecule has 0 radical (unpaired) electrons. The number of β-amino-alcohol motifs (C(OH)–C–C–N with tert-alkyl or cyclic N) is 1. The van der Waals surface area contributed by atoms with Crippen LogP contribution in [0.1, 0.15) is 28.7 Å². The fourth-order valence-corrected chi connectivity index (χ4v) is 3.59. The number of nitrogens with zero attached hydrogens (tertiary/aromatic N) is 3. The molecule has 6 heteroatoms. The molecule has 1 aliphatic rings. The van der Waals surface area contributed by atoms with Gasteiger partial charge in [-0.2, -0.15) is 5.10 Å². The number of aromatic nitrogens is 2. The van der Waals surface area contributed by atoms with E-state index in [0.29, 0.717) is 19.5 Å². The van der Waals surface area contributed by atoms with Crippen LogP contribution in [-0.4, -0.2) is 44.4 Å². The third-order valence-corrected chi connectivity index (χ3v) is 5.01. The number of carbonyl (C=O) groups is 1. The van der Waals surface area contributed by atoms with Gasteiger partial charge in [0, 0.05) is 12.4 Å². The first-order valence-electron chi connectivity index (χ1n) is 6.38. The van der Waals surface area contributed by atoms with Crippen LogP contribution in [0.25, 0.3) is 10.2 Å². The molecular weight excluding hydrogens is 262 g/mol. The summed E-state index contributed by atoms with van der Waals surface area (Å²) in [7, 11) is 1.89. The lowest BCUT2D eigenvalue weighted by atomic mass is 9.91. The highest BCUT2D eigenvalue weighted by Gasteiger charge is 2.42. The minimum Gasteiger partial charge on any atom is -0.386 e. The van der Waals surface area contributed by atoms with Crippen molar-refractivity contribution in [3.05, 3.63) is 16.6 Å². The summed E-state index contributed by atoms with van der Waals surface area (Å²) in [6.45, 7) is 4.76. The zero-order chi connectivity index (χ0) is 13.8. The van der Waals surface area contributed by atoms with Crippen LogP contribution in [-0.2, 0) is 7.05 Å². The Balaban J connectivity index is 1.85. The minimum absolute atomic E-state index is 0.0127. The van der Waals surface area contributed by atoms with Gasteiger partial charge in [-0.1, -0.05) is 6.92 Å². The van der Waals surface area contributed by atoms with Gasteiger partial charge >= 0.3 is 0 Å². The number of carbonyl (C=O) groups excluding carboxylic acids is 1. The number of rotatable bonds is 2. The lowest BCUT2D eigenvalue weighted by molar-refractivity contribution is -0.0824. The zero-order valence-corrected chi connectivity index (χ0v) is 12.1.